The molecular formula is C19H26N2O4S. The summed E-state index contributed by atoms with van der Waals surface area (Å²) < 4.78 is 36.4. The average molecular weight is 378 g/mol. The summed E-state index contributed by atoms with van der Waals surface area (Å²) in [6.45, 7) is 6.54. The Morgan fingerprint density at radius 1 is 1.23 bits per heavy atom. The van der Waals surface area contributed by atoms with Crippen LogP contribution in [0.25, 0.3) is 0 Å². The first kappa shape index (κ1) is 19.0. The fraction of sp³-hybridized carbons (Fsp3) is 0.579. The molecule has 2 unspecified atom stereocenters. The second-order valence-corrected chi connectivity index (χ2v) is 9.64. The summed E-state index contributed by atoms with van der Waals surface area (Å²) in [5.41, 5.74) is 2.37. The van der Waals surface area contributed by atoms with Crippen molar-refractivity contribution in [1.82, 2.24) is 10.1 Å². The SMILES string of the molecule is CC(C)COC(C)c1noc(CS(=O)(=O)C2CCc3ccccc3C2)n1. The Bertz CT molecular complexity index is 845. The lowest BCUT2D eigenvalue weighted by atomic mass is 9.92. The van der Waals surface area contributed by atoms with Crippen LogP contribution < -0.4 is 0 Å². The van der Waals surface area contributed by atoms with Gasteiger partial charge in [-0.1, -0.05) is 43.3 Å². The molecule has 1 heterocycles. The van der Waals surface area contributed by atoms with Crippen molar-refractivity contribution in [3.8, 4) is 0 Å². The van der Waals surface area contributed by atoms with Crippen LogP contribution in [-0.2, 0) is 33.2 Å². The van der Waals surface area contributed by atoms with Crippen molar-refractivity contribution in [3.63, 3.8) is 0 Å². The van der Waals surface area contributed by atoms with E-state index in [4.69, 9.17) is 9.26 Å². The topological polar surface area (TPSA) is 82.3 Å². The lowest BCUT2D eigenvalue weighted by Crippen LogP contribution is -2.29. The summed E-state index contributed by atoms with van der Waals surface area (Å²) in [7, 11) is -3.35. The number of sulfone groups is 1. The summed E-state index contributed by atoms with van der Waals surface area (Å²) in [6.07, 6.45) is 1.65. The van der Waals surface area contributed by atoms with E-state index in [9.17, 15) is 8.42 Å². The molecule has 26 heavy (non-hydrogen) atoms. The van der Waals surface area contributed by atoms with Crippen molar-refractivity contribution in [2.45, 2.75) is 57.1 Å². The highest BCUT2D eigenvalue weighted by Crippen LogP contribution is 2.27. The van der Waals surface area contributed by atoms with Crippen LogP contribution in [-0.4, -0.2) is 30.4 Å². The first-order chi connectivity index (χ1) is 12.3. The van der Waals surface area contributed by atoms with E-state index < -0.39 is 15.1 Å². The summed E-state index contributed by atoms with van der Waals surface area (Å²) in [5, 5.41) is 3.48. The van der Waals surface area contributed by atoms with Gasteiger partial charge in [0.2, 0.25) is 5.89 Å². The number of hydrogen-bond donors (Lipinski definition) is 0. The molecule has 0 saturated heterocycles. The van der Waals surface area contributed by atoms with Gasteiger partial charge in [-0.2, -0.15) is 4.98 Å². The quantitative estimate of drug-likeness (QED) is 0.735. The molecule has 0 spiro atoms. The molecule has 0 fully saturated rings. The second kappa shape index (κ2) is 7.88. The molecule has 3 rings (SSSR count). The van der Waals surface area contributed by atoms with Crippen LogP contribution in [0.15, 0.2) is 28.8 Å². The molecule has 2 aromatic rings. The molecule has 0 amide bonds. The molecule has 0 radical (unpaired) electrons. The minimum atomic E-state index is -3.35. The maximum atomic E-state index is 12.8. The number of nitrogens with zero attached hydrogens (tertiary/aromatic N) is 2. The average Bonchev–Trinajstić information content (AvgIpc) is 3.07. The van der Waals surface area contributed by atoms with E-state index >= 15 is 0 Å². The maximum Gasteiger partial charge on any atom is 0.241 e. The van der Waals surface area contributed by atoms with Crippen LogP contribution in [0.3, 0.4) is 0 Å². The Kier molecular flexibility index (Phi) is 5.77. The second-order valence-electron chi connectivity index (χ2n) is 7.36. The van der Waals surface area contributed by atoms with Gasteiger partial charge in [0.1, 0.15) is 11.9 Å². The van der Waals surface area contributed by atoms with Crippen LogP contribution in [0.5, 0.6) is 0 Å². The molecular weight excluding hydrogens is 352 g/mol. The van der Waals surface area contributed by atoms with Crippen LogP contribution in [0.4, 0.5) is 0 Å². The van der Waals surface area contributed by atoms with E-state index in [1.54, 1.807) is 0 Å². The fourth-order valence-corrected chi connectivity index (χ4v) is 4.77. The van der Waals surface area contributed by atoms with E-state index in [-0.39, 0.29) is 17.7 Å². The number of hydrogen-bond acceptors (Lipinski definition) is 6. The van der Waals surface area contributed by atoms with Crippen molar-refractivity contribution in [1.29, 1.82) is 0 Å². The summed E-state index contributed by atoms with van der Waals surface area (Å²) >= 11 is 0. The highest BCUT2D eigenvalue weighted by atomic mass is 32.2. The van der Waals surface area contributed by atoms with Gasteiger partial charge in [-0.25, -0.2) is 8.42 Å². The van der Waals surface area contributed by atoms with E-state index in [0.717, 1.165) is 12.0 Å². The number of aryl methyl sites for hydroxylation is 1. The van der Waals surface area contributed by atoms with Crippen LogP contribution in [0.2, 0.25) is 0 Å². The first-order valence-corrected chi connectivity index (χ1v) is 10.8. The normalized spacial score (nSPS) is 18.7. The molecule has 0 N–H and O–H groups in total. The largest absolute Gasteiger partial charge is 0.370 e. The monoisotopic (exact) mass is 378 g/mol. The number of fused-ring (bicyclic) bond motifs is 1. The van der Waals surface area contributed by atoms with Crippen LogP contribution in [0.1, 0.15) is 56.1 Å². The fourth-order valence-electron chi connectivity index (χ4n) is 3.16. The van der Waals surface area contributed by atoms with E-state index in [2.05, 4.69) is 30.1 Å². The molecule has 7 heteroatoms. The van der Waals surface area contributed by atoms with Gasteiger partial charge in [0, 0.05) is 6.61 Å². The zero-order valence-electron chi connectivity index (χ0n) is 15.5. The molecule has 142 valence electrons. The van der Waals surface area contributed by atoms with Crippen molar-refractivity contribution >= 4 is 9.84 Å². The highest BCUT2D eigenvalue weighted by Gasteiger charge is 2.31. The van der Waals surface area contributed by atoms with Gasteiger partial charge in [-0.3, -0.25) is 0 Å². The maximum absolute atomic E-state index is 12.8. The summed E-state index contributed by atoms with van der Waals surface area (Å²) in [4.78, 5) is 4.23. The van der Waals surface area contributed by atoms with Crippen LogP contribution >= 0.6 is 0 Å². The standard InChI is InChI=1S/C19H26N2O4S/c1-13(2)11-24-14(3)19-20-18(25-21-19)12-26(22,23)17-9-8-15-6-4-5-7-16(15)10-17/h4-7,13-14,17H,8-12H2,1-3H3. The van der Waals surface area contributed by atoms with Gasteiger partial charge in [-0.05, 0) is 43.2 Å². The summed E-state index contributed by atoms with van der Waals surface area (Å²) in [6, 6.07) is 8.03. The van der Waals surface area contributed by atoms with Crippen LogP contribution in [0, 0.1) is 5.92 Å². The zero-order chi connectivity index (χ0) is 18.7. The predicted octanol–water partition coefficient (Wildman–Crippen LogP) is 3.28. The van der Waals surface area contributed by atoms with Crippen molar-refractivity contribution < 1.29 is 17.7 Å². The molecule has 0 bridgehead atoms. The number of rotatable bonds is 7. The number of ether oxygens (including phenoxy) is 1. The van der Waals surface area contributed by atoms with Crippen molar-refractivity contribution in [2.24, 2.45) is 5.92 Å². The Morgan fingerprint density at radius 2 is 1.96 bits per heavy atom. The van der Waals surface area contributed by atoms with E-state index in [0.29, 0.717) is 31.2 Å². The molecule has 1 aliphatic rings. The lowest BCUT2D eigenvalue weighted by molar-refractivity contribution is 0.0402. The van der Waals surface area contributed by atoms with Gasteiger partial charge >= 0.3 is 0 Å². The minimum Gasteiger partial charge on any atom is -0.370 e. The molecule has 6 nitrogen and oxygen atoms in total. The van der Waals surface area contributed by atoms with Gasteiger partial charge in [0.25, 0.3) is 0 Å². The molecule has 1 aliphatic carbocycles. The van der Waals surface area contributed by atoms with E-state index in [1.165, 1.54) is 5.56 Å². The summed E-state index contributed by atoms with van der Waals surface area (Å²) in [5.74, 6) is 0.714. The Labute approximate surface area is 154 Å². The van der Waals surface area contributed by atoms with Gasteiger partial charge in [-0.15, -0.1) is 0 Å². The first-order valence-electron chi connectivity index (χ1n) is 9.07. The molecule has 0 aliphatic heterocycles. The molecule has 1 aromatic carbocycles. The van der Waals surface area contributed by atoms with Crippen molar-refractivity contribution in [2.75, 3.05) is 6.61 Å². The lowest BCUT2D eigenvalue weighted by Gasteiger charge is -2.23. The highest BCUT2D eigenvalue weighted by molar-refractivity contribution is 7.91. The Balaban J connectivity index is 1.65. The third kappa shape index (κ3) is 4.51. The number of benzene rings is 1. The third-order valence-electron chi connectivity index (χ3n) is 4.66. The van der Waals surface area contributed by atoms with Gasteiger partial charge < -0.3 is 9.26 Å². The Hall–Kier alpha value is -1.73. The van der Waals surface area contributed by atoms with Gasteiger partial charge in [0.15, 0.2) is 15.7 Å². The van der Waals surface area contributed by atoms with Crippen molar-refractivity contribution in [3.05, 3.63) is 47.1 Å². The molecule has 1 aromatic heterocycles. The minimum absolute atomic E-state index is 0.138. The Morgan fingerprint density at radius 3 is 2.69 bits per heavy atom. The third-order valence-corrected chi connectivity index (χ3v) is 6.73. The molecule has 0 saturated carbocycles. The molecule has 2 atom stereocenters. The smallest absolute Gasteiger partial charge is 0.241 e. The number of aromatic nitrogens is 2. The van der Waals surface area contributed by atoms with E-state index in [1.807, 2.05) is 25.1 Å². The predicted molar refractivity (Wildman–Crippen MR) is 98.4 cm³/mol. The zero-order valence-corrected chi connectivity index (χ0v) is 16.3. The van der Waals surface area contributed by atoms with Gasteiger partial charge in [0.05, 0.1) is 5.25 Å².